The van der Waals surface area contributed by atoms with Gasteiger partial charge < -0.3 is 5.32 Å². The van der Waals surface area contributed by atoms with Crippen LogP contribution in [0.5, 0.6) is 0 Å². The second-order valence-corrected chi connectivity index (χ2v) is 6.35. The second kappa shape index (κ2) is 4.77. The van der Waals surface area contributed by atoms with Gasteiger partial charge in [-0.3, -0.25) is 0 Å². The van der Waals surface area contributed by atoms with Gasteiger partial charge in [0.1, 0.15) is 0 Å². The van der Waals surface area contributed by atoms with Crippen molar-refractivity contribution in [3.8, 4) is 0 Å². The van der Waals surface area contributed by atoms with E-state index in [1.807, 2.05) is 12.1 Å². The SMILES string of the molecule is CC1CNC(c2ccc(Cl)cc2)C(C)S1. The quantitative estimate of drug-likeness (QED) is 0.808. The highest BCUT2D eigenvalue weighted by Crippen LogP contribution is 2.33. The van der Waals surface area contributed by atoms with Gasteiger partial charge in [0.2, 0.25) is 0 Å². The number of rotatable bonds is 1. The molecule has 0 aromatic heterocycles. The Balaban J connectivity index is 2.13. The van der Waals surface area contributed by atoms with Crippen LogP contribution in [-0.4, -0.2) is 17.0 Å². The highest BCUT2D eigenvalue weighted by Gasteiger charge is 2.26. The van der Waals surface area contributed by atoms with Gasteiger partial charge in [0.05, 0.1) is 0 Å². The molecule has 0 bridgehead atoms. The van der Waals surface area contributed by atoms with Crippen LogP contribution < -0.4 is 5.32 Å². The molecule has 1 heterocycles. The van der Waals surface area contributed by atoms with Crippen LogP contribution in [0.2, 0.25) is 5.02 Å². The van der Waals surface area contributed by atoms with Crippen molar-refractivity contribution in [1.29, 1.82) is 0 Å². The molecule has 0 amide bonds. The molecule has 3 atom stereocenters. The van der Waals surface area contributed by atoms with Crippen molar-refractivity contribution >= 4 is 23.4 Å². The molecule has 15 heavy (non-hydrogen) atoms. The normalized spacial score (nSPS) is 31.5. The van der Waals surface area contributed by atoms with Crippen LogP contribution in [0.1, 0.15) is 25.5 Å². The van der Waals surface area contributed by atoms with Crippen LogP contribution in [0, 0.1) is 0 Å². The molecule has 0 radical (unpaired) electrons. The number of thioether (sulfide) groups is 1. The Labute approximate surface area is 101 Å². The van der Waals surface area contributed by atoms with Crippen molar-refractivity contribution in [3.63, 3.8) is 0 Å². The van der Waals surface area contributed by atoms with E-state index in [9.17, 15) is 0 Å². The topological polar surface area (TPSA) is 12.0 Å². The number of nitrogens with one attached hydrogen (secondary N) is 1. The fraction of sp³-hybridized carbons (Fsp3) is 0.500. The zero-order valence-corrected chi connectivity index (χ0v) is 10.6. The molecule has 2 rings (SSSR count). The smallest absolute Gasteiger partial charge is 0.0438 e. The average Bonchev–Trinajstić information content (AvgIpc) is 2.20. The molecular formula is C12H16ClNS. The predicted octanol–water partition coefficient (Wildman–Crippen LogP) is 3.49. The highest BCUT2D eigenvalue weighted by molar-refractivity contribution is 8.00. The van der Waals surface area contributed by atoms with E-state index in [-0.39, 0.29) is 0 Å². The second-order valence-electron chi connectivity index (χ2n) is 4.09. The fourth-order valence-electron chi connectivity index (χ4n) is 2.01. The van der Waals surface area contributed by atoms with Crippen LogP contribution in [0.25, 0.3) is 0 Å². The lowest BCUT2D eigenvalue weighted by molar-refractivity contribution is 0.510. The summed E-state index contributed by atoms with van der Waals surface area (Å²) in [5.74, 6) is 0. The van der Waals surface area contributed by atoms with Gasteiger partial charge in [-0.25, -0.2) is 0 Å². The Kier molecular flexibility index (Phi) is 3.60. The number of hydrogen-bond donors (Lipinski definition) is 1. The molecule has 1 fully saturated rings. The first kappa shape index (κ1) is 11.3. The molecule has 1 aromatic carbocycles. The van der Waals surface area contributed by atoms with Gasteiger partial charge in [-0.1, -0.05) is 37.6 Å². The van der Waals surface area contributed by atoms with Crippen molar-refractivity contribution in [3.05, 3.63) is 34.9 Å². The van der Waals surface area contributed by atoms with E-state index in [0.717, 1.165) is 11.6 Å². The van der Waals surface area contributed by atoms with E-state index >= 15 is 0 Å². The minimum atomic E-state index is 0.462. The molecule has 1 saturated heterocycles. The van der Waals surface area contributed by atoms with E-state index in [2.05, 4.69) is 43.1 Å². The molecule has 0 spiro atoms. The maximum atomic E-state index is 5.88. The zero-order valence-electron chi connectivity index (χ0n) is 9.03. The monoisotopic (exact) mass is 241 g/mol. The summed E-state index contributed by atoms with van der Waals surface area (Å²) < 4.78 is 0. The Bertz CT molecular complexity index is 325. The fourth-order valence-corrected chi connectivity index (χ4v) is 3.47. The number of benzene rings is 1. The molecule has 0 saturated carbocycles. The summed E-state index contributed by atoms with van der Waals surface area (Å²) in [7, 11) is 0. The summed E-state index contributed by atoms with van der Waals surface area (Å²) in [5.41, 5.74) is 1.34. The maximum absolute atomic E-state index is 5.88. The minimum Gasteiger partial charge on any atom is -0.308 e. The summed E-state index contributed by atoms with van der Waals surface area (Å²) in [6, 6.07) is 8.63. The largest absolute Gasteiger partial charge is 0.308 e. The zero-order chi connectivity index (χ0) is 10.8. The summed E-state index contributed by atoms with van der Waals surface area (Å²) in [5, 5.41) is 5.73. The highest BCUT2D eigenvalue weighted by atomic mass is 35.5. The van der Waals surface area contributed by atoms with Crippen molar-refractivity contribution in [2.75, 3.05) is 6.54 Å². The first-order valence-electron chi connectivity index (χ1n) is 5.31. The van der Waals surface area contributed by atoms with Gasteiger partial charge in [0.25, 0.3) is 0 Å². The Morgan fingerprint density at radius 1 is 1.27 bits per heavy atom. The lowest BCUT2D eigenvalue weighted by atomic mass is 10.0. The first-order valence-corrected chi connectivity index (χ1v) is 6.63. The third-order valence-electron chi connectivity index (χ3n) is 2.77. The molecule has 3 unspecified atom stereocenters. The standard InChI is InChI=1S/C12H16ClNS/c1-8-7-14-12(9(2)15-8)10-3-5-11(13)6-4-10/h3-6,8-9,12,14H,7H2,1-2H3. The minimum absolute atomic E-state index is 0.462. The summed E-state index contributed by atoms with van der Waals surface area (Å²) in [6.07, 6.45) is 0. The van der Waals surface area contributed by atoms with E-state index < -0.39 is 0 Å². The molecule has 1 aliphatic heterocycles. The number of halogens is 1. The molecule has 1 aliphatic rings. The van der Waals surface area contributed by atoms with Crippen LogP contribution in [0.4, 0.5) is 0 Å². The molecule has 3 heteroatoms. The van der Waals surface area contributed by atoms with Crippen LogP contribution in [0.15, 0.2) is 24.3 Å². The van der Waals surface area contributed by atoms with E-state index in [1.54, 1.807) is 0 Å². The Hall–Kier alpha value is -0.180. The first-order chi connectivity index (χ1) is 7.16. The molecule has 1 aromatic rings. The summed E-state index contributed by atoms with van der Waals surface area (Å²) in [6.45, 7) is 5.64. The average molecular weight is 242 g/mol. The van der Waals surface area contributed by atoms with E-state index in [1.165, 1.54) is 5.56 Å². The van der Waals surface area contributed by atoms with Crippen molar-refractivity contribution < 1.29 is 0 Å². The predicted molar refractivity (Wildman–Crippen MR) is 68.7 cm³/mol. The Morgan fingerprint density at radius 3 is 2.53 bits per heavy atom. The maximum Gasteiger partial charge on any atom is 0.0438 e. The third kappa shape index (κ3) is 2.68. The molecule has 82 valence electrons. The van der Waals surface area contributed by atoms with Crippen LogP contribution in [0.3, 0.4) is 0 Å². The number of hydrogen-bond acceptors (Lipinski definition) is 2. The summed E-state index contributed by atoms with van der Waals surface area (Å²) >= 11 is 7.94. The van der Waals surface area contributed by atoms with Crippen molar-refractivity contribution in [2.45, 2.75) is 30.4 Å². The van der Waals surface area contributed by atoms with Crippen molar-refractivity contribution in [1.82, 2.24) is 5.32 Å². The van der Waals surface area contributed by atoms with Crippen LogP contribution in [-0.2, 0) is 0 Å². The van der Waals surface area contributed by atoms with Gasteiger partial charge >= 0.3 is 0 Å². The van der Waals surface area contributed by atoms with Gasteiger partial charge in [0, 0.05) is 28.1 Å². The molecule has 1 N–H and O–H groups in total. The molecule has 1 nitrogen and oxygen atoms in total. The van der Waals surface area contributed by atoms with Crippen LogP contribution >= 0.6 is 23.4 Å². The van der Waals surface area contributed by atoms with Gasteiger partial charge in [-0.05, 0) is 17.7 Å². The lowest BCUT2D eigenvalue weighted by Crippen LogP contribution is -2.39. The third-order valence-corrected chi connectivity index (χ3v) is 4.36. The summed E-state index contributed by atoms with van der Waals surface area (Å²) in [4.78, 5) is 0. The van der Waals surface area contributed by atoms with Gasteiger partial charge in [0.15, 0.2) is 0 Å². The van der Waals surface area contributed by atoms with E-state index in [0.29, 0.717) is 16.5 Å². The molecular weight excluding hydrogens is 226 g/mol. The molecule has 0 aliphatic carbocycles. The lowest BCUT2D eigenvalue weighted by Gasteiger charge is -2.33. The Morgan fingerprint density at radius 2 is 1.93 bits per heavy atom. The van der Waals surface area contributed by atoms with Crippen molar-refractivity contribution in [2.24, 2.45) is 0 Å². The van der Waals surface area contributed by atoms with Gasteiger partial charge in [-0.15, -0.1) is 0 Å². The van der Waals surface area contributed by atoms with E-state index in [4.69, 9.17) is 11.6 Å². The van der Waals surface area contributed by atoms with Gasteiger partial charge in [-0.2, -0.15) is 11.8 Å².